The van der Waals surface area contributed by atoms with Crippen LogP contribution >= 0.6 is 30.5 Å². The summed E-state index contributed by atoms with van der Waals surface area (Å²) in [7, 11) is 9.98. The molecule has 0 aliphatic rings. The van der Waals surface area contributed by atoms with E-state index in [2.05, 4.69) is 30.5 Å². The van der Waals surface area contributed by atoms with Crippen LogP contribution in [-0.2, 0) is 0 Å². The Labute approximate surface area is 72.4 Å². The van der Waals surface area contributed by atoms with Crippen LogP contribution in [0.1, 0.15) is 0 Å². The van der Waals surface area contributed by atoms with E-state index >= 15 is 0 Å². The van der Waals surface area contributed by atoms with Crippen molar-refractivity contribution >= 4 is 30.5 Å². The molecule has 0 fully saturated rings. The summed E-state index contributed by atoms with van der Waals surface area (Å²) in [6, 6.07) is 0. The van der Waals surface area contributed by atoms with Gasteiger partial charge in [-0.15, -0.1) is 0 Å². The monoisotopic (exact) mass is 448 g/mol. The molecule has 0 aliphatic heterocycles. The van der Waals surface area contributed by atoms with Crippen molar-refractivity contribution in [3.05, 3.63) is 0 Å². The van der Waals surface area contributed by atoms with E-state index in [1.807, 2.05) is 0 Å². The summed E-state index contributed by atoms with van der Waals surface area (Å²) < 4.78 is 0. The zero-order valence-electron chi connectivity index (χ0n) is 3.71. The summed E-state index contributed by atoms with van der Waals surface area (Å²) in [6.45, 7) is 0. The molecule has 0 atom stereocenters. The fourth-order valence-corrected chi connectivity index (χ4v) is 0. The summed E-state index contributed by atoms with van der Waals surface area (Å²) in [5.41, 5.74) is 0. The normalized spacial score (nSPS) is 3.38. The SMILES string of the molecule is O.O.O.O.[Br][La]([Br])[Br]. The van der Waals surface area contributed by atoms with Gasteiger partial charge in [-0.25, -0.2) is 0 Å². The first-order valence-corrected chi connectivity index (χ1v) is 24.8. The Bertz CT molecular complexity index is 16.0. The molecular formula is H8Br3LaO4. The third-order valence-electron chi connectivity index (χ3n) is 0. The van der Waals surface area contributed by atoms with Crippen molar-refractivity contribution in [2.45, 2.75) is 0 Å². The third-order valence-corrected chi connectivity index (χ3v) is 0. The molecule has 56 valence electrons. The Balaban J connectivity index is -0.00000000750. The summed E-state index contributed by atoms with van der Waals surface area (Å²) in [5, 5.41) is 0. The van der Waals surface area contributed by atoms with E-state index in [0.29, 0.717) is 0 Å². The molecule has 0 saturated heterocycles. The van der Waals surface area contributed by atoms with Gasteiger partial charge in [0.2, 0.25) is 0 Å². The van der Waals surface area contributed by atoms with E-state index in [1.165, 1.54) is 0 Å². The van der Waals surface area contributed by atoms with Crippen LogP contribution in [0.4, 0.5) is 0 Å². The Morgan fingerprint density at radius 1 is 0.625 bits per heavy atom. The second-order valence-electron chi connectivity index (χ2n) is 0.247. The fraction of sp³-hybridized carbons (Fsp3) is 0. The van der Waals surface area contributed by atoms with Crippen LogP contribution in [0.2, 0.25) is 0 Å². The Kier molecular flexibility index (Phi) is 89.0. The minimum atomic E-state index is -1.28. The molecule has 0 bridgehead atoms. The molecule has 0 heterocycles. The second kappa shape index (κ2) is 22.7. The maximum atomic E-state index is 3.33. The van der Waals surface area contributed by atoms with Gasteiger partial charge >= 0.3 is 52.0 Å². The van der Waals surface area contributed by atoms with Crippen molar-refractivity contribution in [3.63, 3.8) is 0 Å². The Morgan fingerprint density at radius 2 is 0.625 bits per heavy atom. The maximum absolute atomic E-state index is 3.33. The Morgan fingerprint density at radius 3 is 0.625 bits per heavy atom. The molecule has 0 spiro atoms. The van der Waals surface area contributed by atoms with Gasteiger partial charge in [-0.3, -0.25) is 0 Å². The molecule has 0 amide bonds. The minimum absolute atomic E-state index is 0. The van der Waals surface area contributed by atoms with Gasteiger partial charge in [-0.2, -0.15) is 0 Å². The van der Waals surface area contributed by atoms with Crippen molar-refractivity contribution in [3.8, 4) is 0 Å². The third kappa shape index (κ3) is 77.3. The molecule has 8 heteroatoms. The molecule has 0 aromatic carbocycles. The standard InChI is InChI=1S/3BrH.La.4H2O/h3*1H;;4*1H2/q;;;+3;;;;/p-3. The van der Waals surface area contributed by atoms with Crippen molar-refractivity contribution in [2.75, 3.05) is 0 Å². The Hall–Kier alpha value is 2.47. The molecular weight excluding hydrogens is 443 g/mol. The summed E-state index contributed by atoms with van der Waals surface area (Å²) >= 11 is -1.28. The molecule has 8 heavy (non-hydrogen) atoms. The number of rotatable bonds is 0. The fourth-order valence-electron chi connectivity index (χ4n) is 0. The van der Waals surface area contributed by atoms with Gasteiger partial charge in [0.05, 0.1) is 0 Å². The number of halogens is 3. The molecule has 0 saturated carbocycles. The first kappa shape index (κ1) is 31.4. The summed E-state index contributed by atoms with van der Waals surface area (Å²) in [5.74, 6) is 0. The molecule has 0 rings (SSSR count). The van der Waals surface area contributed by atoms with Crippen molar-refractivity contribution in [1.82, 2.24) is 0 Å². The molecule has 0 unspecified atom stereocenters. The van der Waals surface area contributed by atoms with E-state index in [1.54, 1.807) is 0 Å². The van der Waals surface area contributed by atoms with E-state index < -0.39 is 21.5 Å². The average molecular weight is 451 g/mol. The first-order valence-electron chi connectivity index (χ1n) is 0.655. The van der Waals surface area contributed by atoms with E-state index in [0.717, 1.165) is 0 Å². The molecule has 8 N–H and O–H groups in total. The first-order chi connectivity index (χ1) is 1.73. The van der Waals surface area contributed by atoms with Crippen LogP contribution in [-0.4, -0.2) is 21.9 Å². The van der Waals surface area contributed by atoms with Gasteiger partial charge in [-0.1, -0.05) is 0 Å². The van der Waals surface area contributed by atoms with Gasteiger partial charge in [0, 0.05) is 0 Å². The predicted molar refractivity (Wildman–Crippen MR) is 41.2 cm³/mol. The van der Waals surface area contributed by atoms with Gasteiger partial charge in [0.1, 0.15) is 0 Å². The summed E-state index contributed by atoms with van der Waals surface area (Å²) in [4.78, 5) is 0. The van der Waals surface area contributed by atoms with Gasteiger partial charge in [0.25, 0.3) is 0 Å². The van der Waals surface area contributed by atoms with Gasteiger partial charge < -0.3 is 21.9 Å². The zero-order valence-corrected chi connectivity index (χ0v) is 12.1. The number of hydrogen-bond acceptors (Lipinski definition) is 0. The average Bonchev–Trinajstić information content (AvgIpc) is 0.811. The van der Waals surface area contributed by atoms with E-state index in [4.69, 9.17) is 0 Å². The molecule has 0 radical (unpaired) electrons. The van der Waals surface area contributed by atoms with Gasteiger partial charge in [-0.05, 0) is 0 Å². The van der Waals surface area contributed by atoms with Crippen molar-refractivity contribution in [2.24, 2.45) is 0 Å². The van der Waals surface area contributed by atoms with Gasteiger partial charge in [0.15, 0.2) is 0 Å². The topological polar surface area (TPSA) is 126 Å². The zero-order chi connectivity index (χ0) is 3.58. The molecule has 0 aromatic heterocycles. The van der Waals surface area contributed by atoms with Crippen LogP contribution in [0.5, 0.6) is 0 Å². The van der Waals surface area contributed by atoms with Crippen LogP contribution in [0.3, 0.4) is 0 Å². The van der Waals surface area contributed by atoms with E-state index in [9.17, 15) is 0 Å². The number of hydrogen-bond donors (Lipinski definition) is 0. The molecule has 0 aromatic rings. The van der Waals surface area contributed by atoms with Crippen LogP contribution in [0.25, 0.3) is 0 Å². The molecule has 4 nitrogen and oxygen atoms in total. The summed E-state index contributed by atoms with van der Waals surface area (Å²) in [6.07, 6.45) is 0. The van der Waals surface area contributed by atoms with Crippen LogP contribution < -0.4 is 0 Å². The second-order valence-corrected chi connectivity index (χ2v) is 48.6. The van der Waals surface area contributed by atoms with Crippen LogP contribution in [0, 0.1) is 21.5 Å². The van der Waals surface area contributed by atoms with Crippen LogP contribution in [0.15, 0.2) is 0 Å². The van der Waals surface area contributed by atoms with Crippen molar-refractivity contribution < 1.29 is 43.4 Å². The van der Waals surface area contributed by atoms with Crippen molar-refractivity contribution in [1.29, 1.82) is 0 Å². The van der Waals surface area contributed by atoms with E-state index in [-0.39, 0.29) is 21.9 Å². The quantitative estimate of drug-likeness (QED) is 0.460. The predicted octanol–water partition coefficient (Wildman–Crippen LogP) is -0.762. The molecule has 0 aliphatic carbocycles.